The van der Waals surface area contributed by atoms with Gasteiger partial charge in [-0.3, -0.25) is 9.59 Å². The Morgan fingerprint density at radius 3 is 2.50 bits per heavy atom. The first-order valence-corrected chi connectivity index (χ1v) is 11.4. The van der Waals surface area contributed by atoms with Gasteiger partial charge in [0.1, 0.15) is 5.75 Å². The van der Waals surface area contributed by atoms with Crippen molar-refractivity contribution in [1.82, 2.24) is 4.31 Å². The van der Waals surface area contributed by atoms with Crippen molar-refractivity contribution in [2.24, 2.45) is 0 Å². The van der Waals surface area contributed by atoms with Crippen molar-refractivity contribution in [2.45, 2.75) is 9.79 Å². The number of nitrogens with one attached hydrogen (secondary N) is 1. The molecular weight excluding hydrogens is 452 g/mol. The Kier molecular flexibility index (Phi) is 8.54. The third-order valence-electron chi connectivity index (χ3n) is 3.77. The van der Waals surface area contributed by atoms with E-state index in [1.165, 1.54) is 51.2 Å². The number of amides is 1. The van der Waals surface area contributed by atoms with Crippen molar-refractivity contribution in [3.05, 3.63) is 47.5 Å². The van der Waals surface area contributed by atoms with Crippen molar-refractivity contribution in [1.29, 1.82) is 0 Å². The summed E-state index contributed by atoms with van der Waals surface area (Å²) < 4.78 is 35.7. The zero-order valence-corrected chi connectivity index (χ0v) is 18.9. The third-order valence-corrected chi connectivity index (χ3v) is 7.07. The maximum Gasteiger partial charge on any atom is 0.316 e. The molecule has 2 aromatic rings. The zero-order valence-electron chi connectivity index (χ0n) is 16.5. The first kappa shape index (κ1) is 24.0. The van der Waals surface area contributed by atoms with E-state index in [2.05, 4.69) is 5.32 Å². The molecule has 162 valence electrons. The topological polar surface area (TPSA) is 102 Å². The number of thioether (sulfide) groups is 1. The summed E-state index contributed by atoms with van der Waals surface area (Å²) in [5.74, 6) is -0.979. The van der Waals surface area contributed by atoms with Crippen LogP contribution in [0.3, 0.4) is 0 Å². The molecule has 0 unspecified atom stereocenters. The van der Waals surface area contributed by atoms with Crippen LogP contribution in [0.2, 0.25) is 5.02 Å². The molecule has 0 aliphatic rings. The standard InChI is InChI=1S/C19H21ClN2O6S2/c1-22(2)30(25,26)13-8-9-16(27-3)15(10-13)21-18(23)11-28-19(24)12-29-17-7-5-4-6-14(17)20/h4-10H,11-12H2,1-3H3,(H,21,23). The minimum Gasteiger partial charge on any atom is -0.495 e. The van der Waals surface area contributed by atoms with E-state index in [4.69, 9.17) is 21.1 Å². The summed E-state index contributed by atoms with van der Waals surface area (Å²) in [5.41, 5.74) is 0.145. The highest BCUT2D eigenvalue weighted by molar-refractivity contribution is 8.00. The maximum absolute atomic E-state index is 12.3. The van der Waals surface area contributed by atoms with E-state index in [9.17, 15) is 18.0 Å². The molecule has 1 amide bonds. The van der Waals surface area contributed by atoms with Crippen molar-refractivity contribution < 1.29 is 27.5 Å². The average molecular weight is 473 g/mol. The summed E-state index contributed by atoms with van der Waals surface area (Å²) in [5, 5.41) is 3.02. The largest absolute Gasteiger partial charge is 0.495 e. The summed E-state index contributed by atoms with van der Waals surface area (Å²) in [6.45, 7) is -0.532. The van der Waals surface area contributed by atoms with Crippen LogP contribution in [0.15, 0.2) is 52.3 Å². The van der Waals surface area contributed by atoms with E-state index in [1.54, 1.807) is 24.3 Å². The molecule has 0 radical (unpaired) electrons. The number of esters is 1. The summed E-state index contributed by atoms with van der Waals surface area (Å²) in [6, 6.07) is 11.1. The number of carbonyl (C=O) groups is 2. The van der Waals surface area contributed by atoms with Crippen LogP contribution in [-0.4, -0.2) is 58.2 Å². The summed E-state index contributed by atoms with van der Waals surface area (Å²) in [4.78, 5) is 24.8. The Morgan fingerprint density at radius 1 is 1.17 bits per heavy atom. The molecule has 0 saturated carbocycles. The molecule has 0 heterocycles. The Morgan fingerprint density at radius 2 is 1.87 bits per heavy atom. The lowest BCUT2D eigenvalue weighted by Gasteiger charge is -2.15. The lowest BCUT2D eigenvalue weighted by molar-refractivity contribution is -0.144. The fourth-order valence-corrected chi connectivity index (χ4v) is 4.19. The van der Waals surface area contributed by atoms with Crippen molar-refractivity contribution in [3.8, 4) is 5.75 Å². The Bertz CT molecular complexity index is 1030. The molecule has 30 heavy (non-hydrogen) atoms. The second-order valence-electron chi connectivity index (χ2n) is 6.08. The van der Waals surface area contributed by atoms with E-state index in [0.717, 1.165) is 9.20 Å². The van der Waals surface area contributed by atoms with Crippen LogP contribution in [0.25, 0.3) is 0 Å². The Balaban J connectivity index is 1.97. The molecular formula is C19H21ClN2O6S2. The molecule has 0 aliphatic heterocycles. The number of sulfonamides is 1. The van der Waals surface area contributed by atoms with E-state index in [0.29, 0.717) is 5.02 Å². The molecule has 0 saturated heterocycles. The van der Waals surface area contributed by atoms with Crippen LogP contribution < -0.4 is 10.1 Å². The van der Waals surface area contributed by atoms with E-state index < -0.39 is 28.5 Å². The first-order chi connectivity index (χ1) is 14.1. The van der Waals surface area contributed by atoms with Gasteiger partial charge in [-0.2, -0.15) is 0 Å². The van der Waals surface area contributed by atoms with Gasteiger partial charge in [0, 0.05) is 19.0 Å². The number of carbonyl (C=O) groups excluding carboxylic acids is 2. The number of hydrogen-bond acceptors (Lipinski definition) is 7. The van der Waals surface area contributed by atoms with Gasteiger partial charge in [0.05, 0.1) is 28.5 Å². The molecule has 1 N–H and O–H groups in total. The van der Waals surface area contributed by atoms with Gasteiger partial charge in [-0.15, -0.1) is 11.8 Å². The lowest BCUT2D eigenvalue weighted by atomic mass is 10.3. The number of rotatable bonds is 9. The van der Waals surface area contributed by atoms with Gasteiger partial charge in [0.15, 0.2) is 6.61 Å². The number of hydrogen-bond donors (Lipinski definition) is 1. The fraction of sp³-hybridized carbons (Fsp3) is 0.263. The predicted octanol–water partition coefficient (Wildman–Crippen LogP) is 2.87. The van der Waals surface area contributed by atoms with Gasteiger partial charge in [0.25, 0.3) is 5.91 Å². The fourth-order valence-electron chi connectivity index (χ4n) is 2.23. The summed E-state index contributed by atoms with van der Waals surface area (Å²) in [6.07, 6.45) is 0. The second-order valence-corrected chi connectivity index (χ2v) is 9.65. The number of methoxy groups -OCH3 is 1. The molecule has 2 aromatic carbocycles. The number of anilines is 1. The highest BCUT2D eigenvalue weighted by Gasteiger charge is 2.20. The van der Waals surface area contributed by atoms with Crippen LogP contribution in [0, 0.1) is 0 Å². The van der Waals surface area contributed by atoms with Crippen molar-refractivity contribution in [3.63, 3.8) is 0 Å². The van der Waals surface area contributed by atoms with Crippen molar-refractivity contribution >= 4 is 50.9 Å². The predicted molar refractivity (Wildman–Crippen MR) is 116 cm³/mol. The van der Waals surface area contributed by atoms with Gasteiger partial charge in [-0.25, -0.2) is 12.7 Å². The van der Waals surface area contributed by atoms with E-state index in [-0.39, 0.29) is 22.1 Å². The van der Waals surface area contributed by atoms with Crippen LogP contribution in [0.4, 0.5) is 5.69 Å². The molecule has 0 spiro atoms. The lowest BCUT2D eigenvalue weighted by Crippen LogP contribution is -2.24. The first-order valence-electron chi connectivity index (χ1n) is 8.58. The molecule has 11 heteroatoms. The minimum atomic E-state index is -3.70. The number of benzene rings is 2. The monoisotopic (exact) mass is 472 g/mol. The SMILES string of the molecule is COc1ccc(S(=O)(=O)N(C)C)cc1NC(=O)COC(=O)CSc1ccccc1Cl. The number of halogens is 1. The smallest absolute Gasteiger partial charge is 0.316 e. The van der Waals surface area contributed by atoms with Gasteiger partial charge < -0.3 is 14.8 Å². The van der Waals surface area contributed by atoms with Gasteiger partial charge in [-0.1, -0.05) is 23.7 Å². The van der Waals surface area contributed by atoms with Crippen molar-refractivity contribution in [2.75, 3.05) is 38.9 Å². The number of ether oxygens (including phenoxy) is 2. The average Bonchev–Trinajstić information content (AvgIpc) is 2.71. The molecule has 0 bridgehead atoms. The van der Waals surface area contributed by atoms with Crippen LogP contribution in [0.1, 0.15) is 0 Å². The minimum absolute atomic E-state index is 0.0169. The Hall–Kier alpha value is -2.27. The van der Waals surface area contributed by atoms with Gasteiger partial charge >= 0.3 is 5.97 Å². The highest BCUT2D eigenvalue weighted by atomic mass is 35.5. The van der Waals surface area contributed by atoms with Gasteiger partial charge in [-0.05, 0) is 30.3 Å². The maximum atomic E-state index is 12.3. The summed E-state index contributed by atoms with van der Waals surface area (Å²) in [7, 11) is 0.492. The van der Waals surface area contributed by atoms with Crippen LogP contribution >= 0.6 is 23.4 Å². The summed E-state index contributed by atoms with van der Waals surface area (Å²) >= 11 is 7.22. The molecule has 2 rings (SSSR count). The molecule has 0 aromatic heterocycles. The zero-order chi connectivity index (χ0) is 22.3. The number of nitrogens with zero attached hydrogens (tertiary/aromatic N) is 1. The van der Waals surface area contributed by atoms with Crippen LogP contribution in [-0.2, 0) is 24.3 Å². The molecule has 0 fully saturated rings. The van der Waals surface area contributed by atoms with Crippen LogP contribution in [0.5, 0.6) is 5.75 Å². The molecule has 0 aliphatic carbocycles. The molecule has 8 nitrogen and oxygen atoms in total. The van der Waals surface area contributed by atoms with E-state index >= 15 is 0 Å². The Labute approximate surface area is 184 Å². The van der Waals surface area contributed by atoms with E-state index in [1.807, 2.05) is 0 Å². The quantitative estimate of drug-likeness (QED) is 0.442. The normalized spacial score (nSPS) is 11.2. The third kappa shape index (κ3) is 6.36. The highest BCUT2D eigenvalue weighted by Crippen LogP contribution is 2.29. The molecule has 0 atom stereocenters. The van der Waals surface area contributed by atoms with Gasteiger partial charge in [0.2, 0.25) is 10.0 Å². The second kappa shape index (κ2) is 10.7.